The Bertz CT molecular complexity index is 419. The van der Waals surface area contributed by atoms with Crippen LogP contribution in [0.3, 0.4) is 0 Å². The number of benzene rings is 1. The molecule has 0 saturated carbocycles. The summed E-state index contributed by atoms with van der Waals surface area (Å²) in [7, 11) is 0. The molecule has 0 spiro atoms. The first-order valence-corrected chi connectivity index (χ1v) is 6.46. The maximum absolute atomic E-state index is 10.2. The van der Waals surface area contributed by atoms with Crippen molar-refractivity contribution in [2.45, 2.75) is 45.1 Å². The van der Waals surface area contributed by atoms with Crippen molar-refractivity contribution >= 4 is 15.9 Å². The number of fused-ring (bicyclic) bond motifs is 1. The van der Waals surface area contributed by atoms with E-state index in [9.17, 15) is 10.2 Å². The Morgan fingerprint density at radius 3 is 2.50 bits per heavy atom. The number of aliphatic hydroxyl groups is 1. The Labute approximate surface area is 104 Å². The van der Waals surface area contributed by atoms with Crippen LogP contribution in [0, 0.1) is 0 Å². The van der Waals surface area contributed by atoms with E-state index in [2.05, 4.69) is 15.9 Å². The molecule has 0 fully saturated rings. The van der Waals surface area contributed by atoms with Gasteiger partial charge in [0.05, 0.1) is 10.1 Å². The van der Waals surface area contributed by atoms with Gasteiger partial charge in [0.25, 0.3) is 0 Å². The van der Waals surface area contributed by atoms with Crippen LogP contribution in [-0.2, 0) is 18.4 Å². The maximum atomic E-state index is 10.2. The quantitative estimate of drug-likeness (QED) is 0.831. The number of hydrogen-bond acceptors (Lipinski definition) is 2. The second-order valence-corrected chi connectivity index (χ2v) is 5.84. The minimum Gasteiger partial charge on any atom is -0.506 e. The molecule has 16 heavy (non-hydrogen) atoms. The Balaban J connectivity index is 2.69. The number of phenols is 1. The zero-order valence-corrected chi connectivity index (χ0v) is 11.3. The lowest BCUT2D eigenvalue weighted by Gasteiger charge is -2.28. The number of hydrogen-bond donors (Lipinski definition) is 2. The van der Waals surface area contributed by atoms with Crippen LogP contribution in [0.4, 0.5) is 0 Å². The first-order chi connectivity index (χ1) is 7.41. The van der Waals surface area contributed by atoms with E-state index in [1.54, 1.807) is 13.8 Å². The number of phenolic OH excluding ortho intramolecular Hbond substituents is 1. The molecule has 2 nitrogen and oxygen atoms in total. The highest BCUT2D eigenvalue weighted by molar-refractivity contribution is 9.10. The van der Waals surface area contributed by atoms with Gasteiger partial charge in [0, 0.05) is 5.56 Å². The largest absolute Gasteiger partial charge is 0.506 e. The standard InChI is InChI=1S/C13H17BrO2/c1-13(2,16)11-9-6-4-3-5-8(9)7-10(14)12(11)15/h7,15-16H,3-6H2,1-2H3. The summed E-state index contributed by atoms with van der Waals surface area (Å²) in [4.78, 5) is 0. The molecule has 0 amide bonds. The van der Waals surface area contributed by atoms with E-state index in [0.29, 0.717) is 10.0 Å². The summed E-state index contributed by atoms with van der Waals surface area (Å²) >= 11 is 3.36. The van der Waals surface area contributed by atoms with Crippen molar-refractivity contribution in [3.63, 3.8) is 0 Å². The fourth-order valence-electron chi connectivity index (χ4n) is 2.52. The monoisotopic (exact) mass is 284 g/mol. The molecule has 0 atom stereocenters. The van der Waals surface area contributed by atoms with E-state index >= 15 is 0 Å². The second-order valence-electron chi connectivity index (χ2n) is 4.99. The van der Waals surface area contributed by atoms with E-state index < -0.39 is 5.60 Å². The molecule has 2 rings (SSSR count). The molecule has 0 aliphatic heterocycles. The first kappa shape index (κ1) is 11.9. The van der Waals surface area contributed by atoms with E-state index in [4.69, 9.17) is 0 Å². The van der Waals surface area contributed by atoms with Crippen LogP contribution in [-0.4, -0.2) is 10.2 Å². The van der Waals surface area contributed by atoms with Gasteiger partial charge in [-0.3, -0.25) is 0 Å². The molecule has 1 aliphatic carbocycles. The number of rotatable bonds is 1. The first-order valence-electron chi connectivity index (χ1n) is 5.67. The summed E-state index contributed by atoms with van der Waals surface area (Å²) in [5, 5.41) is 20.3. The van der Waals surface area contributed by atoms with Crippen LogP contribution in [0.2, 0.25) is 0 Å². The average Bonchev–Trinajstić information content (AvgIpc) is 2.17. The van der Waals surface area contributed by atoms with Gasteiger partial charge in [-0.05, 0) is 72.7 Å². The normalized spacial score (nSPS) is 16.0. The van der Waals surface area contributed by atoms with Crippen molar-refractivity contribution in [2.24, 2.45) is 0 Å². The van der Waals surface area contributed by atoms with Gasteiger partial charge in [0.15, 0.2) is 0 Å². The van der Waals surface area contributed by atoms with Gasteiger partial charge < -0.3 is 10.2 Å². The smallest absolute Gasteiger partial charge is 0.136 e. The summed E-state index contributed by atoms with van der Waals surface area (Å²) in [5.74, 6) is 0.188. The van der Waals surface area contributed by atoms with Crippen molar-refractivity contribution in [1.29, 1.82) is 0 Å². The number of aryl methyl sites for hydroxylation is 1. The van der Waals surface area contributed by atoms with Gasteiger partial charge in [0.2, 0.25) is 0 Å². The number of aromatic hydroxyl groups is 1. The molecule has 0 unspecified atom stereocenters. The Morgan fingerprint density at radius 2 is 1.88 bits per heavy atom. The van der Waals surface area contributed by atoms with Gasteiger partial charge in [-0.25, -0.2) is 0 Å². The Kier molecular flexibility index (Phi) is 3.01. The van der Waals surface area contributed by atoms with Gasteiger partial charge in [-0.15, -0.1) is 0 Å². The van der Waals surface area contributed by atoms with Crippen molar-refractivity contribution in [2.75, 3.05) is 0 Å². The fourth-order valence-corrected chi connectivity index (χ4v) is 2.99. The topological polar surface area (TPSA) is 40.5 Å². The predicted octanol–water partition coefficient (Wildman–Crippen LogP) is 3.26. The molecule has 3 heteroatoms. The van der Waals surface area contributed by atoms with Crippen LogP contribution >= 0.6 is 15.9 Å². The minimum absolute atomic E-state index is 0.188. The third-order valence-electron chi connectivity index (χ3n) is 3.19. The third kappa shape index (κ3) is 1.98. The molecule has 1 aliphatic rings. The van der Waals surface area contributed by atoms with E-state index in [1.165, 1.54) is 12.0 Å². The molecule has 0 bridgehead atoms. The summed E-state index contributed by atoms with van der Waals surface area (Å²) in [6.45, 7) is 3.45. The van der Waals surface area contributed by atoms with E-state index in [-0.39, 0.29) is 5.75 Å². The minimum atomic E-state index is -0.991. The van der Waals surface area contributed by atoms with Crippen molar-refractivity contribution in [3.8, 4) is 5.75 Å². The van der Waals surface area contributed by atoms with Crippen LogP contribution in [0.15, 0.2) is 10.5 Å². The molecule has 2 N–H and O–H groups in total. The van der Waals surface area contributed by atoms with Crippen LogP contribution in [0.25, 0.3) is 0 Å². The van der Waals surface area contributed by atoms with Gasteiger partial charge in [0.1, 0.15) is 5.75 Å². The number of halogens is 1. The lowest BCUT2D eigenvalue weighted by molar-refractivity contribution is 0.0744. The lowest BCUT2D eigenvalue weighted by atomic mass is 9.82. The SMILES string of the molecule is CC(C)(O)c1c(O)c(Br)cc2c1CCCC2. The maximum Gasteiger partial charge on any atom is 0.136 e. The molecule has 0 radical (unpaired) electrons. The molecular weight excluding hydrogens is 268 g/mol. The van der Waals surface area contributed by atoms with Crippen molar-refractivity contribution in [1.82, 2.24) is 0 Å². The third-order valence-corrected chi connectivity index (χ3v) is 3.79. The summed E-state index contributed by atoms with van der Waals surface area (Å²) in [5.41, 5.74) is 2.10. The van der Waals surface area contributed by atoms with Crippen molar-refractivity contribution < 1.29 is 10.2 Å². The Hall–Kier alpha value is -0.540. The zero-order chi connectivity index (χ0) is 11.9. The van der Waals surface area contributed by atoms with Gasteiger partial charge in [-0.2, -0.15) is 0 Å². The molecule has 0 aromatic heterocycles. The van der Waals surface area contributed by atoms with Crippen LogP contribution in [0.5, 0.6) is 5.75 Å². The highest BCUT2D eigenvalue weighted by Gasteiger charge is 2.28. The molecule has 1 aromatic carbocycles. The average molecular weight is 285 g/mol. The van der Waals surface area contributed by atoms with E-state index in [1.807, 2.05) is 6.07 Å². The van der Waals surface area contributed by atoms with Gasteiger partial charge >= 0.3 is 0 Å². The Morgan fingerprint density at radius 1 is 1.25 bits per heavy atom. The summed E-state index contributed by atoms with van der Waals surface area (Å²) in [6, 6.07) is 1.99. The fraction of sp³-hybridized carbons (Fsp3) is 0.538. The molecular formula is C13H17BrO2. The second kappa shape index (κ2) is 4.04. The highest BCUT2D eigenvalue weighted by atomic mass is 79.9. The van der Waals surface area contributed by atoms with Crippen molar-refractivity contribution in [3.05, 3.63) is 27.2 Å². The van der Waals surface area contributed by atoms with Gasteiger partial charge in [-0.1, -0.05) is 0 Å². The van der Waals surface area contributed by atoms with Crippen LogP contribution in [0.1, 0.15) is 43.4 Å². The van der Waals surface area contributed by atoms with Crippen LogP contribution < -0.4 is 0 Å². The molecule has 0 saturated heterocycles. The van der Waals surface area contributed by atoms with E-state index in [0.717, 1.165) is 24.8 Å². The summed E-state index contributed by atoms with van der Waals surface area (Å²) in [6.07, 6.45) is 4.32. The zero-order valence-electron chi connectivity index (χ0n) is 9.68. The summed E-state index contributed by atoms with van der Waals surface area (Å²) < 4.78 is 0.685. The highest BCUT2D eigenvalue weighted by Crippen LogP contribution is 2.41. The predicted molar refractivity (Wildman–Crippen MR) is 67.7 cm³/mol. The lowest BCUT2D eigenvalue weighted by Crippen LogP contribution is -2.21. The molecule has 88 valence electrons. The molecule has 0 heterocycles. The molecule has 1 aromatic rings.